The lowest BCUT2D eigenvalue weighted by molar-refractivity contribution is 0.267. The van der Waals surface area contributed by atoms with E-state index < -0.39 is 0 Å². The SMILES string of the molecule is CCCc1ccc(N2CC3(CCCC3)NCC2CC)cc1. The Labute approximate surface area is 129 Å². The molecule has 1 aromatic carbocycles. The van der Waals surface area contributed by atoms with Gasteiger partial charge in [-0.1, -0.05) is 45.2 Å². The van der Waals surface area contributed by atoms with Crippen LogP contribution in [-0.4, -0.2) is 24.7 Å². The predicted octanol–water partition coefficient (Wildman–Crippen LogP) is 4.14. The van der Waals surface area contributed by atoms with Crippen LogP contribution in [0.3, 0.4) is 0 Å². The normalized spacial score (nSPS) is 24.7. The van der Waals surface area contributed by atoms with Gasteiger partial charge in [0.2, 0.25) is 0 Å². The van der Waals surface area contributed by atoms with E-state index >= 15 is 0 Å². The molecule has 1 N–H and O–H groups in total. The Morgan fingerprint density at radius 2 is 1.86 bits per heavy atom. The summed E-state index contributed by atoms with van der Waals surface area (Å²) in [5, 5.41) is 3.89. The quantitative estimate of drug-likeness (QED) is 0.895. The third kappa shape index (κ3) is 3.11. The van der Waals surface area contributed by atoms with Crippen molar-refractivity contribution in [3.63, 3.8) is 0 Å². The van der Waals surface area contributed by atoms with E-state index in [2.05, 4.69) is 48.3 Å². The average molecular weight is 286 g/mol. The van der Waals surface area contributed by atoms with Crippen LogP contribution in [0.25, 0.3) is 0 Å². The Balaban J connectivity index is 1.78. The van der Waals surface area contributed by atoms with Gasteiger partial charge in [0.05, 0.1) is 0 Å². The fourth-order valence-electron chi connectivity index (χ4n) is 4.15. The van der Waals surface area contributed by atoms with E-state index in [1.807, 2.05) is 0 Å². The van der Waals surface area contributed by atoms with Crippen molar-refractivity contribution >= 4 is 5.69 Å². The van der Waals surface area contributed by atoms with Crippen LogP contribution >= 0.6 is 0 Å². The number of nitrogens with one attached hydrogen (secondary N) is 1. The Morgan fingerprint density at radius 1 is 1.14 bits per heavy atom. The summed E-state index contributed by atoms with van der Waals surface area (Å²) in [4.78, 5) is 2.68. The molecule has 2 heteroatoms. The smallest absolute Gasteiger partial charge is 0.0412 e. The summed E-state index contributed by atoms with van der Waals surface area (Å²) in [6.45, 7) is 6.91. The van der Waals surface area contributed by atoms with E-state index in [4.69, 9.17) is 0 Å². The molecule has 2 aliphatic rings. The Kier molecular flexibility index (Phi) is 4.54. The van der Waals surface area contributed by atoms with Gasteiger partial charge in [0.15, 0.2) is 0 Å². The summed E-state index contributed by atoms with van der Waals surface area (Å²) >= 11 is 0. The Hall–Kier alpha value is -1.02. The van der Waals surface area contributed by atoms with Gasteiger partial charge in [-0.2, -0.15) is 0 Å². The second kappa shape index (κ2) is 6.39. The molecule has 1 saturated carbocycles. The van der Waals surface area contributed by atoms with Crippen molar-refractivity contribution in [2.45, 2.75) is 70.4 Å². The molecule has 0 amide bonds. The van der Waals surface area contributed by atoms with Crippen LogP contribution in [0.1, 0.15) is 57.9 Å². The van der Waals surface area contributed by atoms with E-state index in [1.54, 1.807) is 0 Å². The highest BCUT2D eigenvalue weighted by molar-refractivity contribution is 5.50. The number of rotatable bonds is 4. The summed E-state index contributed by atoms with van der Waals surface area (Å²) in [6.07, 6.45) is 9.15. The average Bonchev–Trinajstić information content (AvgIpc) is 2.96. The van der Waals surface area contributed by atoms with Crippen molar-refractivity contribution in [2.75, 3.05) is 18.0 Å². The van der Waals surface area contributed by atoms with Crippen LogP contribution in [0.4, 0.5) is 5.69 Å². The molecule has 1 atom stereocenters. The molecular weight excluding hydrogens is 256 g/mol. The number of hydrogen-bond donors (Lipinski definition) is 1. The summed E-state index contributed by atoms with van der Waals surface area (Å²) in [5.74, 6) is 0. The van der Waals surface area contributed by atoms with E-state index in [0.717, 1.165) is 6.54 Å². The molecule has 2 nitrogen and oxygen atoms in total. The zero-order valence-electron chi connectivity index (χ0n) is 13.7. The first-order valence-electron chi connectivity index (χ1n) is 8.87. The minimum Gasteiger partial charge on any atom is -0.365 e. The lowest BCUT2D eigenvalue weighted by atomic mass is 9.91. The molecular formula is C19H30N2. The summed E-state index contributed by atoms with van der Waals surface area (Å²) in [5.41, 5.74) is 3.29. The third-order valence-electron chi connectivity index (χ3n) is 5.47. The maximum Gasteiger partial charge on any atom is 0.0412 e. The zero-order chi connectivity index (χ0) is 14.7. The van der Waals surface area contributed by atoms with Crippen LogP contribution in [0.2, 0.25) is 0 Å². The monoisotopic (exact) mass is 286 g/mol. The zero-order valence-corrected chi connectivity index (χ0v) is 13.7. The van der Waals surface area contributed by atoms with E-state index in [-0.39, 0.29) is 0 Å². The van der Waals surface area contributed by atoms with Gasteiger partial charge >= 0.3 is 0 Å². The van der Waals surface area contributed by atoms with Crippen LogP contribution in [0, 0.1) is 0 Å². The summed E-state index contributed by atoms with van der Waals surface area (Å²) in [6, 6.07) is 10.0. The Bertz CT molecular complexity index is 445. The van der Waals surface area contributed by atoms with Gasteiger partial charge in [0, 0.05) is 30.4 Å². The van der Waals surface area contributed by atoms with Gasteiger partial charge in [-0.3, -0.25) is 0 Å². The van der Waals surface area contributed by atoms with Gasteiger partial charge in [-0.15, -0.1) is 0 Å². The van der Waals surface area contributed by atoms with E-state index in [1.165, 1.54) is 62.7 Å². The van der Waals surface area contributed by atoms with Crippen molar-refractivity contribution in [3.8, 4) is 0 Å². The number of anilines is 1. The molecule has 0 bridgehead atoms. The lowest BCUT2D eigenvalue weighted by Gasteiger charge is -2.47. The maximum absolute atomic E-state index is 3.89. The minimum absolute atomic E-state index is 0.397. The number of benzene rings is 1. The lowest BCUT2D eigenvalue weighted by Crippen LogP contribution is -2.63. The van der Waals surface area contributed by atoms with Gasteiger partial charge in [0.1, 0.15) is 0 Å². The first-order valence-corrected chi connectivity index (χ1v) is 8.87. The highest BCUT2D eigenvalue weighted by Gasteiger charge is 2.40. The minimum atomic E-state index is 0.397. The predicted molar refractivity (Wildman–Crippen MR) is 91.1 cm³/mol. The molecule has 0 radical (unpaired) electrons. The van der Waals surface area contributed by atoms with Crippen molar-refractivity contribution in [2.24, 2.45) is 0 Å². The first kappa shape index (κ1) is 14.9. The van der Waals surface area contributed by atoms with Gasteiger partial charge in [-0.25, -0.2) is 0 Å². The van der Waals surface area contributed by atoms with Gasteiger partial charge in [-0.05, 0) is 43.4 Å². The molecule has 1 heterocycles. The van der Waals surface area contributed by atoms with Gasteiger partial charge in [0.25, 0.3) is 0 Å². The molecule has 116 valence electrons. The number of piperazine rings is 1. The largest absolute Gasteiger partial charge is 0.365 e. The fraction of sp³-hybridized carbons (Fsp3) is 0.684. The molecule has 1 aliphatic carbocycles. The number of nitrogens with zero attached hydrogens (tertiary/aromatic N) is 1. The van der Waals surface area contributed by atoms with Crippen molar-refractivity contribution in [3.05, 3.63) is 29.8 Å². The highest BCUT2D eigenvalue weighted by atomic mass is 15.3. The van der Waals surface area contributed by atoms with Crippen LogP contribution in [0.5, 0.6) is 0 Å². The molecule has 1 aliphatic heterocycles. The second-order valence-corrected chi connectivity index (χ2v) is 6.97. The molecule has 21 heavy (non-hydrogen) atoms. The number of aryl methyl sites for hydroxylation is 1. The van der Waals surface area contributed by atoms with E-state index in [0.29, 0.717) is 11.6 Å². The summed E-state index contributed by atoms with van der Waals surface area (Å²) < 4.78 is 0. The molecule has 1 unspecified atom stereocenters. The second-order valence-electron chi connectivity index (χ2n) is 6.97. The molecule has 1 spiro atoms. The molecule has 0 aromatic heterocycles. The highest BCUT2D eigenvalue weighted by Crippen LogP contribution is 2.35. The van der Waals surface area contributed by atoms with Crippen LogP contribution in [-0.2, 0) is 6.42 Å². The van der Waals surface area contributed by atoms with Crippen molar-refractivity contribution in [1.82, 2.24) is 5.32 Å². The molecule has 2 fully saturated rings. The Morgan fingerprint density at radius 3 is 2.48 bits per heavy atom. The van der Waals surface area contributed by atoms with Crippen molar-refractivity contribution in [1.29, 1.82) is 0 Å². The molecule has 1 aromatic rings. The number of hydrogen-bond acceptors (Lipinski definition) is 2. The standard InChI is InChI=1S/C19H30N2/c1-3-7-16-8-10-18(11-9-16)21-15-19(12-5-6-13-19)20-14-17(21)4-2/h8-11,17,20H,3-7,12-15H2,1-2H3. The van der Waals surface area contributed by atoms with Crippen LogP contribution in [0.15, 0.2) is 24.3 Å². The van der Waals surface area contributed by atoms with Gasteiger partial charge < -0.3 is 10.2 Å². The topological polar surface area (TPSA) is 15.3 Å². The molecule has 3 rings (SSSR count). The molecule has 1 saturated heterocycles. The van der Waals surface area contributed by atoms with Crippen molar-refractivity contribution < 1.29 is 0 Å². The van der Waals surface area contributed by atoms with Crippen LogP contribution < -0.4 is 10.2 Å². The third-order valence-corrected chi connectivity index (χ3v) is 5.47. The maximum atomic E-state index is 3.89. The fourth-order valence-corrected chi connectivity index (χ4v) is 4.15. The summed E-state index contributed by atoms with van der Waals surface area (Å²) in [7, 11) is 0. The van der Waals surface area contributed by atoms with E-state index in [9.17, 15) is 0 Å². The first-order chi connectivity index (χ1) is 10.3.